The maximum Gasteiger partial charge on any atom is 0.0956 e. The fourth-order valence-corrected chi connectivity index (χ4v) is 1.19. The van der Waals surface area contributed by atoms with Gasteiger partial charge in [0.05, 0.1) is 5.60 Å². The van der Waals surface area contributed by atoms with Crippen LogP contribution in [-0.2, 0) is 5.60 Å². The number of hydrogen-bond acceptors (Lipinski definition) is 2. The summed E-state index contributed by atoms with van der Waals surface area (Å²) in [6, 6.07) is 7.86. The van der Waals surface area contributed by atoms with E-state index in [2.05, 4.69) is 12.6 Å². The summed E-state index contributed by atoms with van der Waals surface area (Å²) in [5.74, 6) is 0.441. The second-order valence-corrected chi connectivity index (χ2v) is 3.61. The minimum Gasteiger partial charge on any atom is -0.385 e. The van der Waals surface area contributed by atoms with Crippen LogP contribution in [0.15, 0.2) is 24.3 Å². The van der Waals surface area contributed by atoms with Gasteiger partial charge in [-0.25, -0.2) is 0 Å². The molecule has 0 amide bonds. The first-order valence-corrected chi connectivity index (χ1v) is 4.60. The van der Waals surface area contributed by atoms with E-state index in [0.29, 0.717) is 5.75 Å². The molecule has 2 heteroatoms. The molecule has 1 nitrogen and oxygen atoms in total. The third kappa shape index (κ3) is 2.02. The Balaban J connectivity index is 2.96. The average molecular weight is 182 g/mol. The standard InChI is InChI=1S/C10H14OS/c1-8-3-5-9(6-4-8)10(2,11)7-12/h3-6,11-12H,7H2,1-2H3. The lowest BCUT2D eigenvalue weighted by Crippen LogP contribution is -2.22. The van der Waals surface area contributed by atoms with Gasteiger partial charge in [0.2, 0.25) is 0 Å². The zero-order valence-corrected chi connectivity index (χ0v) is 8.31. The molecule has 1 atom stereocenters. The van der Waals surface area contributed by atoms with Crippen molar-refractivity contribution >= 4 is 12.6 Å². The molecule has 0 saturated heterocycles. The lowest BCUT2D eigenvalue weighted by Gasteiger charge is -2.21. The summed E-state index contributed by atoms with van der Waals surface area (Å²) < 4.78 is 0. The fraction of sp³-hybridized carbons (Fsp3) is 0.400. The summed E-state index contributed by atoms with van der Waals surface area (Å²) in [4.78, 5) is 0. The fourth-order valence-electron chi connectivity index (χ4n) is 1.00. The summed E-state index contributed by atoms with van der Waals surface area (Å²) in [5, 5.41) is 9.81. The Hall–Kier alpha value is -0.470. The number of thiol groups is 1. The third-order valence-electron chi connectivity index (χ3n) is 1.98. The lowest BCUT2D eigenvalue weighted by atomic mass is 9.97. The van der Waals surface area contributed by atoms with Gasteiger partial charge in [-0.3, -0.25) is 0 Å². The zero-order valence-electron chi connectivity index (χ0n) is 7.41. The second kappa shape index (κ2) is 3.50. The zero-order chi connectivity index (χ0) is 9.19. The second-order valence-electron chi connectivity index (χ2n) is 3.30. The van der Waals surface area contributed by atoms with Crippen molar-refractivity contribution < 1.29 is 5.11 Å². The Morgan fingerprint density at radius 1 is 1.33 bits per heavy atom. The van der Waals surface area contributed by atoms with E-state index in [4.69, 9.17) is 0 Å². The van der Waals surface area contributed by atoms with Crippen molar-refractivity contribution in [2.45, 2.75) is 19.4 Å². The first-order chi connectivity index (χ1) is 5.56. The van der Waals surface area contributed by atoms with Crippen LogP contribution < -0.4 is 0 Å². The van der Waals surface area contributed by atoms with Crippen molar-refractivity contribution in [2.75, 3.05) is 5.75 Å². The summed E-state index contributed by atoms with van der Waals surface area (Å²) in [7, 11) is 0. The van der Waals surface area contributed by atoms with Crippen molar-refractivity contribution in [1.82, 2.24) is 0 Å². The Bertz CT molecular complexity index is 251. The molecule has 1 aromatic rings. The van der Waals surface area contributed by atoms with E-state index in [1.54, 1.807) is 6.92 Å². The molecule has 0 heterocycles. The molecule has 0 spiro atoms. The summed E-state index contributed by atoms with van der Waals surface area (Å²) in [5.41, 5.74) is 1.31. The molecule has 1 N–H and O–H groups in total. The minimum atomic E-state index is -0.809. The SMILES string of the molecule is Cc1ccc(C(C)(O)CS)cc1. The van der Waals surface area contributed by atoms with Crippen LogP contribution in [0.1, 0.15) is 18.1 Å². The van der Waals surface area contributed by atoms with Crippen molar-refractivity contribution in [3.05, 3.63) is 35.4 Å². The molecule has 0 aliphatic heterocycles. The summed E-state index contributed by atoms with van der Waals surface area (Å²) in [6.45, 7) is 3.80. The molecule has 0 radical (unpaired) electrons. The van der Waals surface area contributed by atoms with Crippen LogP contribution in [0.4, 0.5) is 0 Å². The lowest BCUT2D eigenvalue weighted by molar-refractivity contribution is 0.0843. The largest absolute Gasteiger partial charge is 0.385 e. The molecular weight excluding hydrogens is 168 g/mol. The van der Waals surface area contributed by atoms with Crippen molar-refractivity contribution in [2.24, 2.45) is 0 Å². The van der Waals surface area contributed by atoms with Crippen LogP contribution >= 0.6 is 12.6 Å². The molecule has 66 valence electrons. The third-order valence-corrected chi connectivity index (χ3v) is 2.60. The molecule has 1 unspecified atom stereocenters. The van der Waals surface area contributed by atoms with E-state index in [1.165, 1.54) is 5.56 Å². The first kappa shape index (κ1) is 9.62. The van der Waals surface area contributed by atoms with Gasteiger partial charge in [-0.15, -0.1) is 0 Å². The summed E-state index contributed by atoms with van der Waals surface area (Å²) in [6.07, 6.45) is 0. The van der Waals surface area contributed by atoms with E-state index in [9.17, 15) is 5.11 Å². The van der Waals surface area contributed by atoms with E-state index in [-0.39, 0.29) is 0 Å². The van der Waals surface area contributed by atoms with Gasteiger partial charge in [0.1, 0.15) is 0 Å². The van der Waals surface area contributed by atoms with E-state index >= 15 is 0 Å². The predicted molar refractivity (Wildman–Crippen MR) is 54.6 cm³/mol. The molecular formula is C10H14OS. The van der Waals surface area contributed by atoms with Crippen LogP contribution in [0.25, 0.3) is 0 Å². The molecule has 0 aromatic heterocycles. The Morgan fingerprint density at radius 2 is 1.83 bits per heavy atom. The maximum absolute atomic E-state index is 9.81. The molecule has 1 rings (SSSR count). The Morgan fingerprint density at radius 3 is 2.25 bits per heavy atom. The number of hydrogen-bond donors (Lipinski definition) is 2. The number of rotatable bonds is 2. The number of aryl methyl sites for hydroxylation is 1. The molecule has 0 fully saturated rings. The van der Waals surface area contributed by atoms with Crippen LogP contribution in [0, 0.1) is 6.92 Å². The number of benzene rings is 1. The molecule has 0 saturated carbocycles. The quantitative estimate of drug-likeness (QED) is 0.671. The van der Waals surface area contributed by atoms with Gasteiger partial charge in [-0.1, -0.05) is 29.8 Å². The van der Waals surface area contributed by atoms with Crippen LogP contribution in [-0.4, -0.2) is 10.9 Å². The van der Waals surface area contributed by atoms with Crippen molar-refractivity contribution in [3.63, 3.8) is 0 Å². The van der Waals surface area contributed by atoms with E-state index in [0.717, 1.165) is 5.56 Å². The van der Waals surface area contributed by atoms with Gasteiger partial charge in [-0.2, -0.15) is 12.6 Å². The van der Waals surface area contributed by atoms with Gasteiger partial charge in [0, 0.05) is 5.75 Å². The average Bonchev–Trinajstić information content (AvgIpc) is 2.05. The van der Waals surface area contributed by atoms with Crippen LogP contribution in [0.2, 0.25) is 0 Å². The normalized spacial score (nSPS) is 15.7. The minimum absolute atomic E-state index is 0.441. The highest BCUT2D eigenvalue weighted by molar-refractivity contribution is 7.80. The maximum atomic E-state index is 9.81. The molecule has 0 bridgehead atoms. The van der Waals surface area contributed by atoms with Crippen LogP contribution in [0.5, 0.6) is 0 Å². The van der Waals surface area contributed by atoms with E-state index in [1.807, 2.05) is 31.2 Å². The molecule has 1 aromatic carbocycles. The van der Waals surface area contributed by atoms with Crippen molar-refractivity contribution in [1.29, 1.82) is 0 Å². The van der Waals surface area contributed by atoms with Gasteiger partial charge < -0.3 is 5.11 Å². The van der Waals surface area contributed by atoms with Gasteiger partial charge in [0.25, 0.3) is 0 Å². The topological polar surface area (TPSA) is 20.2 Å². The smallest absolute Gasteiger partial charge is 0.0956 e. The highest BCUT2D eigenvalue weighted by atomic mass is 32.1. The first-order valence-electron chi connectivity index (χ1n) is 3.96. The predicted octanol–water partition coefficient (Wildman–Crippen LogP) is 2.13. The Labute approximate surface area is 78.8 Å². The molecule has 12 heavy (non-hydrogen) atoms. The Kier molecular flexibility index (Phi) is 2.80. The van der Waals surface area contributed by atoms with Crippen LogP contribution in [0.3, 0.4) is 0 Å². The van der Waals surface area contributed by atoms with Gasteiger partial charge in [-0.05, 0) is 19.4 Å². The molecule has 0 aliphatic carbocycles. The van der Waals surface area contributed by atoms with E-state index < -0.39 is 5.60 Å². The van der Waals surface area contributed by atoms with Gasteiger partial charge in [0.15, 0.2) is 0 Å². The summed E-state index contributed by atoms with van der Waals surface area (Å²) >= 11 is 4.09. The highest BCUT2D eigenvalue weighted by Crippen LogP contribution is 2.21. The molecule has 0 aliphatic rings. The van der Waals surface area contributed by atoms with Crippen molar-refractivity contribution in [3.8, 4) is 0 Å². The monoisotopic (exact) mass is 182 g/mol. The highest BCUT2D eigenvalue weighted by Gasteiger charge is 2.19. The van der Waals surface area contributed by atoms with Gasteiger partial charge >= 0.3 is 0 Å². The number of aliphatic hydroxyl groups is 1.